The molecule has 4 atom stereocenters. The van der Waals surface area contributed by atoms with Gasteiger partial charge in [0.2, 0.25) is 0 Å². The summed E-state index contributed by atoms with van der Waals surface area (Å²) in [5.41, 5.74) is 0.325. The number of carbonyl (C=O) groups excluding carboxylic acids is 1. The Morgan fingerprint density at radius 3 is 2.47 bits per heavy atom. The first kappa shape index (κ1) is 12.9. The second-order valence-electron chi connectivity index (χ2n) is 6.87. The quantitative estimate of drug-likeness (QED) is 0.699. The van der Waals surface area contributed by atoms with Gasteiger partial charge in [-0.15, -0.1) is 0 Å². The van der Waals surface area contributed by atoms with Crippen LogP contribution in [0.3, 0.4) is 0 Å². The van der Waals surface area contributed by atoms with Gasteiger partial charge in [0.05, 0.1) is 0 Å². The van der Waals surface area contributed by atoms with Gasteiger partial charge in [-0.1, -0.05) is 34.6 Å². The average molecular weight is 238 g/mol. The number of hydrogen-bond donors (Lipinski definition) is 0. The van der Waals surface area contributed by atoms with E-state index in [1.807, 2.05) is 0 Å². The average Bonchev–Trinajstić information content (AvgIpc) is 2.85. The van der Waals surface area contributed by atoms with Crippen LogP contribution in [0.1, 0.15) is 53.9 Å². The zero-order chi connectivity index (χ0) is 12.8. The smallest absolute Gasteiger partial charge is 0.306 e. The first-order valence-electron chi connectivity index (χ1n) is 7.07. The third kappa shape index (κ3) is 2.11. The molecule has 2 rings (SSSR count). The third-order valence-corrected chi connectivity index (χ3v) is 4.90. The normalized spacial score (nSPS) is 39.6. The standard InChI is InChI=1S/C15H26O2/c1-9(2)6-14(16)17-13-7-11(5)12-8-15(12,13)10(3)4/h9-13H,6-8H2,1-5H3. The minimum Gasteiger partial charge on any atom is -0.462 e. The predicted octanol–water partition coefficient (Wildman–Crippen LogP) is 3.65. The maximum absolute atomic E-state index is 11.8. The molecular formula is C15H26O2. The van der Waals surface area contributed by atoms with Crippen molar-refractivity contribution in [2.75, 3.05) is 0 Å². The van der Waals surface area contributed by atoms with Crippen LogP contribution in [-0.2, 0) is 9.53 Å². The van der Waals surface area contributed by atoms with Crippen molar-refractivity contribution in [2.24, 2.45) is 29.1 Å². The Labute approximate surface area is 105 Å². The molecule has 0 heterocycles. The van der Waals surface area contributed by atoms with Crippen LogP contribution in [0.15, 0.2) is 0 Å². The van der Waals surface area contributed by atoms with Crippen LogP contribution in [0.4, 0.5) is 0 Å². The first-order chi connectivity index (χ1) is 7.87. The van der Waals surface area contributed by atoms with Crippen molar-refractivity contribution in [3.63, 3.8) is 0 Å². The van der Waals surface area contributed by atoms with E-state index in [9.17, 15) is 4.79 Å². The number of hydrogen-bond acceptors (Lipinski definition) is 2. The van der Waals surface area contributed by atoms with Crippen LogP contribution >= 0.6 is 0 Å². The minimum absolute atomic E-state index is 0.00442. The second kappa shape index (κ2) is 4.29. The van der Waals surface area contributed by atoms with Crippen molar-refractivity contribution in [2.45, 2.75) is 60.0 Å². The van der Waals surface area contributed by atoms with Crippen LogP contribution in [-0.4, -0.2) is 12.1 Å². The molecule has 0 aromatic rings. The highest BCUT2D eigenvalue weighted by Crippen LogP contribution is 2.70. The lowest BCUT2D eigenvalue weighted by atomic mass is 9.87. The van der Waals surface area contributed by atoms with E-state index < -0.39 is 0 Å². The molecule has 0 aromatic carbocycles. The fourth-order valence-electron chi connectivity index (χ4n) is 3.88. The number of ether oxygens (including phenoxy) is 1. The molecule has 2 saturated carbocycles. The lowest BCUT2D eigenvalue weighted by Crippen LogP contribution is -2.30. The van der Waals surface area contributed by atoms with E-state index in [4.69, 9.17) is 4.74 Å². The summed E-state index contributed by atoms with van der Waals surface area (Å²) in [6, 6.07) is 0. The van der Waals surface area contributed by atoms with E-state index in [-0.39, 0.29) is 12.1 Å². The zero-order valence-electron chi connectivity index (χ0n) is 11.8. The largest absolute Gasteiger partial charge is 0.462 e. The molecule has 0 spiro atoms. The summed E-state index contributed by atoms with van der Waals surface area (Å²) in [4.78, 5) is 11.8. The molecule has 0 N–H and O–H groups in total. The summed E-state index contributed by atoms with van der Waals surface area (Å²) in [5, 5.41) is 0. The van der Waals surface area contributed by atoms with Crippen LogP contribution in [0.5, 0.6) is 0 Å². The topological polar surface area (TPSA) is 26.3 Å². The Morgan fingerprint density at radius 2 is 2.00 bits per heavy atom. The molecule has 0 radical (unpaired) electrons. The van der Waals surface area contributed by atoms with Gasteiger partial charge in [-0.3, -0.25) is 4.79 Å². The Balaban J connectivity index is 1.99. The highest BCUT2D eigenvalue weighted by atomic mass is 16.5. The highest BCUT2D eigenvalue weighted by Gasteiger charge is 2.68. The summed E-state index contributed by atoms with van der Waals surface area (Å²) >= 11 is 0. The molecule has 0 bridgehead atoms. The third-order valence-electron chi connectivity index (χ3n) is 4.90. The van der Waals surface area contributed by atoms with Crippen molar-refractivity contribution in [3.8, 4) is 0 Å². The van der Waals surface area contributed by atoms with Gasteiger partial charge in [0, 0.05) is 11.8 Å². The predicted molar refractivity (Wildman–Crippen MR) is 68.5 cm³/mol. The van der Waals surface area contributed by atoms with Gasteiger partial charge >= 0.3 is 5.97 Å². The SMILES string of the molecule is CC(C)CC(=O)OC1CC(C)C2CC12C(C)C. The van der Waals surface area contributed by atoms with Crippen LogP contribution in [0.25, 0.3) is 0 Å². The first-order valence-corrected chi connectivity index (χ1v) is 7.07. The molecule has 2 aliphatic rings. The van der Waals surface area contributed by atoms with Gasteiger partial charge in [0.25, 0.3) is 0 Å². The van der Waals surface area contributed by atoms with Crippen molar-refractivity contribution >= 4 is 5.97 Å². The maximum Gasteiger partial charge on any atom is 0.306 e. The Kier molecular flexibility index (Phi) is 3.26. The number of fused-ring (bicyclic) bond motifs is 1. The molecule has 2 heteroatoms. The van der Waals surface area contributed by atoms with E-state index in [1.54, 1.807) is 0 Å². The molecular weight excluding hydrogens is 212 g/mol. The summed E-state index contributed by atoms with van der Waals surface area (Å²) in [6.45, 7) is 11.0. The molecule has 0 amide bonds. The van der Waals surface area contributed by atoms with Crippen molar-refractivity contribution < 1.29 is 9.53 Å². The molecule has 0 saturated heterocycles. The van der Waals surface area contributed by atoms with Crippen molar-refractivity contribution in [1.82, 2.24) is 0 Å². The highest BCUT2D eigenvalue weighted by molar-refractivity contribution is 5.70. The number of carbonyl (C=O) groups is 1. The summed E-state index contributed by atoms with van der Waals surface area (Å²) in [7, 11) is 0. The van der Waals surface area contributed by atoms with Crippen LogP contribution in [0, 0.1) is 29.1 Å². The molecule has 2 aliphatic carbocycles. The molecule has 4 unspecified atom stereocenters. The zero-order valence-corrected chi connectivity index (χ0v) is 11.8. The lowest BCUT2D eigenvalue weighted by Gasteiger charge is -2.27. The van der Waals surface area contributed by atoms with Crippen LogP contribution in [0.2, 0.25) is 0 Å². The van der Waals surface area contributed by atoms with Gasteiger partial charge in [-0.25, -0.2) is 0 Å². The fraction of sp³-hybridized carbons (Fsp3) is 0.933. The van der Waals surface area contributed by atoms with E-state index in [2.05, 4.69) is 34.6 Å². The van der Waals surface area contributed by atoms with Crippen LogP contribution < -0.4 is 0 Å². The summed E-state index contributed by atoms with van der Waals surface area (Å²) in [6.07, 6.45) is 3.09. The second-order valence-corrected chi connectivity index (χ2v) is 6.87. The Bertz CT molecular complexity index is 308. The molecule has 0 aliphatic heterocycles. The van der Waals surface area contributed by atoms with Crippen molar-refractivity contribution in [1.29, 1.82) is 0 Å². The van der Waals surface area contributed by atoms with Gasteiger partial charge in [0.15, 0.2) is 0 Å². The van der Waals surface area contributed by atoms with E-state index in [1.165, 1.54) is 6.42 Å². The van der Waals surface area contributed by atoms with Gasteiger partial charge < -0.3 is 4.74 Å². The maximum atomic E-state index is 11.8. The van der Waals surface area contributed by atoms with Gasteiger partial charge in [-0.05, 0) is 36.5 Å². The van der Waals surface area contributed by atoms with E-state index >= 15 is 0 Å². The molecule has 0 aromatic heterocycles. The number of rotatable bonds is 4. The summed E-state index contributed by atoms with van der Waals surface area (Å²) in [5.74, 6) is 2.57. The molecule has 2 nitrogen and oxygen atoms in total. The minimum atomic E-state index is 0.00442. The Morgan fingerprint density at radius 1 is 1.35 bits per heavy atom. The van der Waals surface area contributed by atoms with Gasteiger partial charge in [-0.2, -0.15) is 0 Å². The number of esters is 1. The van der Waals surface area contributed by atoms with E-state index in [0.717, 1.165) is 18.3 Å². The Hall–Kier alpha value is -0.530. The van der Waals surface area contributed by atoms with Crippen molar-refractivity contribution in [3.05, 3.63) is 0 Å². The van der Waals surface area contributed by atoms with E-state index in [0.29, 0.717) is 23.7 Å². The monoisotopic (exact) mass is 238 g/mol. The lowest BCUT2D eigenvalue weighted by molar-refractivity contribution is -0.154. The molecule has 17 heavy (non-hydrogen) atoms. The molecule has 2 fully saturated rings. The molecule has 98 valence electrons. The fourth-order valence-corrected chi connectivity index (χ4v) is 3.88. The summed E-state index contributed by atoms with van der Waals surface area (Å²) < 4.78 is 5.77. The van der Waals surface area contributed by atoms with Gasteiger partial charge in [0.1, 0.15) is 6.10 Å².